The number of hydrogen-bond acceptors (Lipinski definition) is 3. The summed E-state index contributed by atoms with van der Waals surface area (Å²) in [5.41, 5.74) is 1.12. The normalized spacial score (nSPS) is 10.8. The van der Waals surface area contributed by atoms with Crippen LogP contribution in [0.2, 0.25) is 0 Å². The van der Waals surface area contributed by atoms with E-state index in [2.05, 4.69) is 26.2 Å². The molecule has 1 N–H and O–H groups in total. The number of aromatic nitrogens is 1. The van der Waals surface area contributed by atoms with Crippen LogP contribution >= 0.6 is 15.9 Å². The second-order valence-corrected chi connectivity index (χ2v) is 4.36. The average molecular weight is 299 g/mol. The van der Waals surface area contributed by atoms with Crippen LogP contribution in [0.5, 0.6) is 0 Å². The van der Waals surface area contributed by atoms with Gasteiger partial charge in [-0.1, -0.05) is 13.0 Å². The van der Waals surface area contributed by atoms with Crippen LogP contribution in [0.1, 0.15) is 12.6 Å². The molecular formula is C12H12BrFN2O. The first-order valence-corrected chi connectivity index (χ1v) is 6.10. The zero-order chi connectivity index (χ0) is 12.3. The van der Waals surface area contributed by atoms with Gasteiger partial charge in [-0.05, 0) is 34.6 Å². The number of nitrogens with zero attached hydrogens (tertiary/aromatic N) is 1. The van der Waals surface area contributed by atoms with Gasteiger partial charge in [0.1, 0.15) is 11.5 Å². The molecule has 0 aliphatic carbocycles. The summed E-state index contributed by atoms with van der Waals surface area (Å²) in [6.07, 6.45) is 1.33. The Kier molecular flexibility index (Phi) is 3.91. The lowest BCUT2D eigenvalue weighted by Gasteiger charge is -2.05. The third-order valence-electron chi connectivity index (χ3n) is 2.37. The van der Waals surface area contributed by atoms with Crippen molar-refractivity contribution in [2.24, 2.45) is 0 Å². The quantitative estimate of drug-likeness (QED) is 0.941. The van der Waals surface area contributed by atoms with Crippen molar-refractivity contribution in [3.05, 3.63) is 40.6 Å². The molecule has 0 aliphatic heterocycles. The maximum Gasteiger partial charge on any atom is 0.181 e. The number of hydrogen-bond donors (Lipinski definition) is 1. The van der Waals surface area contributed by atoms with Gasteiger partial charge < -0.3 is 9.73 Å². The van der Waals surface area contributed by atoms with Gasteiger partial charge in [-0.15, -0.1) is 0 Å². The maximum atomic E-state index is 13.8. The fourth-order valence-electron chi connectivity index (χ4n) is 1.56. The van der Waals surface area contributed by atoms with E-state index >= 15 is 0 Å². The molecule has 5 heteroatoms. The lowest BCUT2D eigenvalue weighted by molar-refractivity contribution is 0.558. The molecule has 2 aromatic rings. The summed E-state index contributed by atoms with van der Waals surface area (Å²) in [6.45, 7) is 3.38. The van der Waals surface area contributed by atoms with Gasteiger partial charge in [0.05, 0.1) is 5.56 Å². The van der Waals surface area contributed by atoms with E-state index in [0.717, 1.165) is 6.54 Å². The number of rotatable bonds is 4. The molecule has 3 nitrogen and oxygen atoms in total. The van der Waals surface area contributed by atoms with Gasteiger partial charge in [0, 0.05) is 11.0 Å². The highest BCUT2D eigenvalue weighted by Gasteiger charge is 2.17. The Morgan fingerprint density at radius 3 is 3.00 bits per heavy atom. The van der Waals surface area contributed by atoms with Crippen molar-refractivity contribution in [2.75, 3.05) is 6.54 Å². The molecule has 0 saturated carbocycles. The van der Waals surface area contributed by atoms with E-state index in [1.54, 1.807) is 12.1 Å². The molecule has 0 fully saturated rings. The van der Waals surface area contributed by atoms with Crippen molar-refractivity contribution in [1.82, 2.24) is 10.3 Å². The van der Waals surface area contributed by atoms with Crippen molar-refractivity contribution >= 4 is 15.9 Å². The number of benzene rings is 1. The maximum absolute atomic E-state index is 13.8. The van der Waals surface area contributed by atoms with Crippen LogP contribution in [0.25, 0.3) is 11.3 Å². The van der Waals surface area contributed by atoms with Crippen LogP contribution in [-0.4, -0.2) is 11.5 Å². The summed E-state index contributed by atoms with van der Waals surface area (Å²) in [6, 6.07) is 4.82. The molecule has 0 bridgehead atoms. The lowest BCUT2D eigenvalue weighted by Crippen LogP contribution is -2.12. The molecule has 0 radical (unpaired) electrons. The first-order valence-electron chi connectivity index (χ1n) is 5.31. The minimum Gasteiger partial charge on any atom is -0.443 e. The van der Waals surface area contributed by atoms with Gasteiger partial charge >= 0.3 is 0 Å². The van der Waals surface area contributed by atoms with Crippen molar-refractivity contribution in [3.63, 3.8) is 0 Å². The predicted octanol–water partition coefficient (Wildman–Crippen LogP) is 3.35. The van der Waals surface area contributed by atoms with E-state index < -0.39 is 0 Å². The summed E-state index contributed by atoms with van der Waals surface area (Å²) in [5, 5.41) is 3.14. The molecule has 0 unspecified atom stereocenters. The van der Waals surface area contributed by atoms with Crippen LogP contribution in [0.4, 0.5) is 4.39 Å². The fourth-order valence-corrected chi connectivity index (χ4v) is 2.08. The highest BCUT2D eigenvalue weighted by Crippen LogP contribution is 2.32. The van der Waals surface area contributed by atoms with Crippen molar-refractivity contribution in [1.29, 1.82) is 0 Å². The topological polar surface area (TPSA) is 38.1 Å². The van der Waals surface area contributed by atoms with E-state index in [0.29, 0.717) is 28.0 Å². The van der Waals surface area contributed by atoms with Crippen LogP contribution in [0.15, 0.2) is 33.5 Å². The summed E-state index contributed by atoms with van der Waals surface area (Å²) in [7, 11) is 0. The van der Waals surface area contributed by atoms with Crippen LogP contribution in [-0.2, 0) is 6.54 Å². The molecule has 1 aromatic heterocycles. The third-order valence-corrected chi connectivity index (χ3v) is 3.03. The predicted molar refractivity (Wildman–Crippen MR) is 67.0 cm³/mol. The average Bonchev–Trinajstić information content (AvgIpc) is 2.74. The van der Waals surface area contributed by atoms with E-state index in [-0.39, 0.29) is 5.82 Å². The molecule has 2 rings (SSSR count). The Bertz CT molecular complexity index is 493. The second kappa shape index (κ2) is 5.42. The molecule has 1 aromatic carbocycles. The van der Waals surface area contributed by atoms with Gasteiger partial charge in [-0.2, -0.15) is 0 Å². The smallest absolute Gasteiger partial charge is 0.181 e. The first-order chi connectivity index (χ1) is 8.24. The zero-order valence-electron chi connectivity index (χ0n) is 9.34. The summed E-state index contributed by atoms with van der Waals surface area (Å²) in [5.74, 6) is 0.143. The summed E-state index contributed by atoms with van der Waals surface area (Å²) < 4.78 is 19.7. The second-order valence-electron chi connectivity index (χ2n) is 3.51. The molecule has 0 atom stereocenters. The molecule has 0 saturated heterocycles. The molecule has 0 amide bonds. The number of oxazole rings is 1. The minimum absolute atomic E-state index is 0.325. The van der Waals surface area contributed by atoms with Gasteiger partial charge in [0.25, 0.3) is 0 Å². The molecule has 1 heterocycles. The monoisotopic (exact) mass is 298 g/mol. The van der Waals surface area contributed by atoms with Crippen LogP contribution < -0.4 is 5.32 Å². The Balaban J connectivity index is 2.43. The van der Waals surface area contributed by atoms with Crippen LogP contribution in [0.3, 0.4) is 0 Å². The van der Waals surface area contributed by atoms with Crippen molar-refractivity contribution in [2.45, 2.75) is 13.5 Å². The standard InChI is InChI=1S/C12H12BrFN2O/c1-2-15-6-10-12(17-7-16-10)11-8(13)4-3-5-9(11)14/h3-5,7,15H,2,6H2,1H3. The van der Waals surface area contributed by atoms with Crippen molar-refractivity contribution < 1.29 is 8.81 Å². The van der Waals surface area contributed by atoms with Gasteiger partial charge in [-0.3, -0.25) is 0 Å². The molecule has 90 valence electrons. The highest BCUT2D eigenvalue weighted by atomic mass is 79.9. The largest absolute Gasteiger partial charge is 0.443 e. The van der Waals surface area contributed by atoms with Crippen LogP contribution in [0, 0.1) is 5.82 Å². The molecule has 0 aliphatic rings. The SMILES string of the molecule is CCNCc1ncoc1-c1c(F)cccc1Br. The van der Waals surface area contributed by atoms with E-state index in [1.807, 2.05) is 6.92 Å². The van der Waals surface area contributed by atoms with Gasteiger partial charge in [-0.25, -0.2) is 9.37 Å². The van der Waals surface area contributed by atoms with E-state index in [1.165, 1.54) is 12.5 Å². The Hall–Kier alpha value is -1.20. The molecular weight excluding hydrogens is 287 g/mol. The summed E-state index contributed by atoms with van der Waals surface area (Å²) >= 11 is 3.32. The molecule has 17 heavy (non-hydrogen) atoms. The fraction of sp³-hybridized carbons (Fsp3) is 0.250. The highest BCUT2D eigenvalue weighted by molar-refractivity contribution is 9.10. The number of halogens is 2. The molecule has 0 spiro atoms. The Morgan fingerprint density at radius 1 is 1.47 bits per heavy atom. The van der Waals surface area contributed by atoms with E-state index in [4.69, 9.17) is 4.42 Å². The third kappa shape index (κ3) is 2.56. The minimum atomic E-state index is -0.325. The number of nitrogens with one attached hydrogen (secondary N) is 1. The van der Waals surface area contributed by atoms with Crippen molar-refractivity contribution in [3.8, 4) is 11.3 Å². The Morgan fingerprint density at radius 2 is 2.29 bits per heavy atom. The lowest BCUT2D eigenvalue weighted by atomic mass is 10.1. The first kappa shape index (κ1) is 12.3. The Labute approximate surface area is 107 Å². The van der Waals surface area contributed by atoms with Gasteiger partial charge in [0.2, 0.25) is 0 Å². The van der Waals surface area contributed by atoms with E-state index in [9.17, 15) is 4.39 Å². The van der Waals surface area contributed by atoms with Gasteiger partial charge in [0.15, 0.2) is 12.2 Å². The summed E-state index contributed by atoms with van der Waals surface area (Å²) in [4.78, 5) is 4.10. The zero-order valence-corrected chi connectivity index (χ0v) is 10.9.